The zero-order valence-electron chi connectivity index (χ0n) is 14.0. The summed E-state index contributed by atoms with van der Waals surface area (Å²) in [5.41, 5.74) is -0.187. The Morgan fingerprint density at radius 2 is 2.04 bits per heavy atom. The quantitative estimate of drug-likeness (QED) is 0.872. The Morgan fingerprint density at radius 1 is 1.32 bits per heavy atom. The van der Waals surface area contributed by atoms with Crippen molar-refractivity contribution in [1.29, 1.82) is 0 Å². The van der Waals surface area contributed by atoms with E-state index in [4.69, 9.17) is 4.74 Å². The third-order valence-corrected chi connectivity index (χ3v) is 5.60. The number of nitrogens with one attached hydrogen (secondary N) is 1. The standard InChI is InChI=1S/C17H22F2N4O2/c18-17(19)8-12(9-17)14(24)20-6-2-13-3-7-25-16(13)10-23(11-16)15-21-4-1-5-22-15/h1,4-5,12-13H,2-3,6-11H2,(H,20,24)/t13-/m1/s1. The van der Waals surface area contributed by atoms with Gasteiger partial charge in [-0.15, -0.1) is 0 Å². The number of hydrogen-bond donors (Lipinski definition) is 1. The molecule has 3 fully saturated rings. The fraction of sp³-hybridized carbons (Fsp3) is 0.706. The topological polar surface area (TPSA) is 67.3 Å². The molecule has 4 rings (SSSR count). The van der Waals surface area contributed by atoms with E-state index >= 15 is 0 Å². The van der Waals surface area contributed by atoms with Crippen LogP contribution in [-0.2, 0) is 9.53 Å². The van der Waals surface area contributed by atoms with Gasteiger partial charge in [0.2, 0.25) is 17.8 Å². The van der Waals surface area contributed by atoms with E-state index in [2.05, 4.69) is 20.2 Å². The van der Waals surface area contributed by atoms with E-state index in [9.17, 15) is 13.6 Å². The fourth-order valence-electron chi connectivity index (χ4n) is 4.10. The molecule has 1 aromatic heterocycles. The van der Waals surface area contributed by atoms with Crippen molar-refractivity contribution in [2.45, 2.75) is 37.2 Å². The molecular formula is C17H22F2N4O2. The molecule has 25 heavy (non-hydrogen) atoms. The van der Waals surface area contributed by atoms with Crippen molar-refractivity contribution in [2.24, 2.45) is 11.8 Å². The van der Waals surface area contributed by atoms with Crippen LogP contribution in [0.1, 0.15) is 25.7 Å². The highest BCUT2D eigenvalue weighted by Crippen LogP contribution is 2.43. The fourth-order valence-corrected chi connectivity index (χ4v) is 4.10. The van der Waals surface area contributed by atoms with Crippen molar-refractivity contribution in [3.05, 3.63) is 18.5 Å². The van der Waals surface area contributed by atoms with Gasteiger partial charge in [-0.1, -0.05) is 0 Å². The Labute approximate surface area is 145 Å². The molecule has 0 radical (unpaired) electrons. The Hall–Kier alpha value is -1.83. The molecule has 1 spiro atoms. The van der Waals surface area contributed by atoms with Gasteiger partial charge in [0.05, 0.1) is 13.1 Å². The van der Waals surface area contributed by atoms with Gasteiger partial charge < -0.3 is 15.0 Å². The number of hydrogen-bond acceptors (Lipinski definition) is 5. The Bertz CT molecular complexity index is 629. The lowest BCUT2D eigenvalue weighted by Crippen LogP contribution is -2.65. The number of carbonyl (C=O) groups is 1. The molecule has 1 aliphatic carbocycles. The van der Waals surface area contributed by atoms with Crippen molar-refractivity contribution in [1.82, 2.24) is 15.3 Å². The van der Waals surface area contributed by atoms with Crippen molar-refractivity contribution in [2.75, 3.05) is 31.1 Å². The second-order valence-electron chi connectivity index (χ2n) is 7.34. The maximum absolute atomic E-state index is 12.8. The maximum atomic E-state index is 12.8. The van der Waals surface area contributed by atoms with Crippen LogP contribution in [0, 0.1) is 11.8 Å². The van der Waals surface area contributed by atoms with Crippen molar-refractivity contribution in [3.8, 4) is 0 Å². The number of rotatable bonds is 5. The van der Waals surface area contributed by atoms with Gasteiger partial charge in [-0.3, -0.25) is 4.79 Å². The normalized spacial score (nSPS) is 27.0. The maximum Gasteiger partial charge on any atom is 0.249 e. The molecule has 136 valence electrons. The van der Waals surface area contributed by atoms with E-state index in [1.807, 2.05) is 0 Å². The second kappa shape index (κ2) is 6.16. The number of anilines is 1. The summed E-state index contributed by atoms with van der Waals surface area (Å²) in [5, 5.41) is 2.81. The summed E-state index contributed by atoms with van der Waals surface area (Å²) in [7, 11) is 0. The van der Waals surface area contributed by atoms with Gasteiger partial charge in [0.15, 0.2) is 0 Å². The van der Waals surface area contributed by atoms with Crippen LogP contribution in [-0.4, -0.2) is 53.6 Å². The van der Waals surface area contributed by atoms with Gasteiger partial charge in [-0.05, 0) is 24.8 Å². The van der Waals surface area contributed by atoms with Gasteiger partial charge in [0, 0.05) is 44.3 Å². The summed E-state index contributed by atoms with van der Waals surface area (Å²) in [6, 6.07) is 1.79. The van der Waals surface area contributed by atoms with Gasteiger partial charge in [-0.2, -0.15) is 0 Å². The molecule has 0 aromatic carbocycles. The minimum Gasteiger partial charge on any atom is -0.371 e. The molecule has 3 aliphatic rings. The molecule has 1 N–H and O–H groups in total. The van der Waals surface area contributed by atoms with Crippen LogP contribution in [0.2, 0.25) is 0 Å². The first-order valence-electron chi connectivity index (χ1n) is 8.79. The van der Waals surface area contributed by atoms with Crippen molar-refractivity contribution in [3.63, 3.8) is 0 Å². The van der Waals surface area contributed by atoms with Gasteiger partial charge in [-0.25, -0.2) is 18.7 Å². The number of aromatic nitrogens is 2. The molecule has 1 amide bonds. The molecule has 2 aliphatic heterocycles. The number of ether oxygens (including phenoxy) is 1. The third-order valence-electron chi connectivity index (χ3n) is 5.60. The lowest BCUT2D eigenvalue weighted by molar-refractivity contribution is -0.150. The molecule has 0 bridgehead atoms. The largest absolute Gasteiger partial charge is 0.371 e. The summed E-state index contributed by atoms with van der Waals surface area (Å²) in [4.78, 5) is 22.5. The number of carbonyl (C=O) groups excluding carboxylic acids is 1. The molecule has 2 saturated heterocycles. The Kier molecular flexibility index (Phi) is 4.10. The van der Waals surface area contributed by atoms with Gasteiger partial charge >= 0.3 is 0 Å². The number of amides is 1. The average molecular weight is 352 g/mol. The monoisotopic (exact) mass is 352 g/mol. The molecule has 1 aromatic rings. The van der Waals surface area contributed by atoms with Crippen LogP contribution in [0.25, 0.3) is 0 Å². The summed E-state index contributed by atoms with van der Waals surface area (Å²) >= 11 is 0. The predicted molar refractivity (Wildman–Crippen MR) is 86.3 cm³/mol. The molecule has 6 nitrogen and oxygen atoms in total. The van der Waals surface area contributed by atoms with E-state index in [-0.39, 0.29) is 24.3 Å². The SMILES string of the molecule is O=C(NCC[C@@H]1CCOC12CN(c1ncccn1)C2)C1CC(F)(F)C1. The lowest BCUT2D eigenvalue weighted by atomic mass is 9.78. The number of alkyl halides is 2. The number of nitrogens with zero attached hydrogens (tertiary/aromatic N) is 3. The third kappa shape index (κ3) is 3.19. The molecule has 1 saturated carbocycles. The van der Waals surface area contributed by atoms with Crippen molar-refractivity contribution >= 4 is 11.9 Å². The summed E-state index contributed by atoms with van der Waals surface area (Å²) < 4.78 is 31.7. The van der Waals surface area contributed by atoms with Gasteiger partial charge in [0.1, 0.15) is 5.60 Å². The van der Waals surface area contributed by atoms with E-state index in [0.717, 1.165) is 32.5 Å². The van der Waals surface area contributed by atoms with Crippen LogP contribution in [0.3, 0.4) is 0 Å². The zero-order valence-corrected chi connectivity index (χ0v) is 14.0. The highest BCUT2D eigenvalue weighted by atomic mass is 19.3. The van der Waals surface area contributed by atoms with Crippen LogP contribution >= 0.6 is 0 Å². The zero-order chi connectivity index (χ0) is 17.5. The molecule has 0 unspecified atom stereocenters. The summed E-state index contributed by atoms with van der Waals surface area (Å²) in [5.74, 6) is -2.36. The highest BCUT2D eigenvalue weighted by molar-refractivity contribution is 5.79. The first kappa shape index (κ1) is 16.6. The van der Waals surface area contributed by atoms with E-state index < -0.39 is 11.8 Å². The lowest BCUT2D eigenvalue weighted by Gasteiger charge is -2.50. The van der Waals surface area contributed by atoms with E-state index in [0.29, 0.717) is 18.4 Å². The first-order valence-corrected chi connectivity index (χ1v) is 8.79. The minimum atomic E-state index is -2.65. The predicted octanol–water partition coefficient (Wildman–Crippen LogP) is 1.62. The van der Waals surface area contributed by atoms with Crippen LogP contribution in [0.5, 0.6) is 0 Å². The second-order valence-corrected chi connectivity index (χ2v) is 7.34. The minimum absolute atomic E-state index is 0.187. The first-order chi connectivity index (χ1) is 12.0. The molecule has 3 heterocycles. The van der Waals surface area contributed by atoms with E-state index in [1.165, 1.54) is 0 Å². The Morgan fingerprint density at radius 3 is 2.72 bits per heavy atom. The van der Waals surface area contributed by atoms with Crippen molar-refractivity contribution < 1.29 is 18.3 Å². The molecule has 8 heteroatoms. The van der Waals surface area contributed by atoms with Crippen LogP contribution in [0.4, 0.5) is 14.7 Å². The molecule has 1 atom stereocenters. The smallest absolute Gasteiger partial charge is 0.249 e. The van der Waals surface area contributed by atoms with Crippen LogP contribution in [0.15, 0.2) is 18.5 Å². The Balaban J connectivity index is 1.24. The highest BCUT2D eigenvalue weighted by Gasteiger charge is 2.53. The van der Waals surface area contributed by atoms with E-state index in [1.54, 1.807) is 18.5 Å². The van der Waals surface area contributed by atoms with Crippen LogP contribution < -0.4 is 10.2 Å². The van der Waals surface area contributed by atoms with Gasteiger partial charge in [0.25, 0.3) is 0 Å². The summed E-state index contributed by atoms with van der Waals surface area (Å²) in [6.45, 7) is 2.74. The summed E-state index contributed by atoms with van der Waals surface area (Å²) in [6.07, 6.45) is 4.57. The average Bonchev–Trinajstić information content (AvgIpc) is 2.95. The molecular weight excluding hydrogens is 330 g/mol. The number of halogens is 2.